The highest BCUT2D eigenvalue weighted by atomic mass is 35.5. The van der Waals surface area contributed by atoms with Crippen LogP contribution >= 0.6 is 11.6 Å². The standard InChI is InChI=1S/C15H8ClFO2/c1-2-9-6-14-15(19-8-18-14)7-11(9)10-3-4-12(16)13(17)5-10/h1,3-7H,8H2. The van der Waals surface area contributed by atoms with E-state index < -0.39 is 5.82 Å². The van der Waals surface area contributed by atoms with E-state index in [-0.39, 0.29) is 11.8 Å². The fourth-order valence-electron chi connectivity index (χ4n) is 1.96. The normalized spacial score (nSPS) is 12.3. The molecule has 0 aromatic heterocycles. The molecule has 4 heteroatoms. The molecule has 2 aromatic rings. The smallest absolute Gasteiger partial charge is 0.231 e. The van der Waals surface area contributed by atoms with Crippen LogP contribution in [0, 0.1) is 18.2 Å². The van der Waals surface area contributed by atoms with E-state index in [1.807, 2.05) is 0 Å². The molecule has 0 fully saturated rings. The zero-order valence-electron chi connectivity index (χ0n) is 9.74. The third kappa shape index (κ3) is 2.00. The summed E-state index contributed by atoms with van der Waals surface area (Å²) in [6.45, 7) is 0.164. The first-order chi connectivity index (χ1) is 9.19. The summed E-state index contributed by atoms with van der Waals surface area (Å²) in [5.41, 5.74) is 1.97. The molecule has 2 nitrogen and oxygen atoms in total. The maximum absolute atomic E-state index is 13.5. The van der Waals surface area contributed by atoms with E-state index in [1.54, 1.807) is 18.2 Å². The lowest BCUT2D eigenvalue weighted by Crippen LogP contribution is -1.92. The summed E-state index contributed by atoms with van der Waals surface area (Å²) in [6, 6.07) is 8.02. The Kier molecular flexibility index (Phi) is 2.81. The van der Waals surface area contributed by atoms with E-state index >= 15 is 0 Å². The summed E-state index contributed by atoms with van der Waals surface area (Å²) in [5, 5.41) is 0.0757. The van der Waals surface area contributed by atoms with Crippen LogP contribution < -0.4 is 9.47 Å². The number of fused-ring (bicyclic) bond motifs is 1. The van der Waals surface area contributed by atoms with Crippen molar-refractivity contribution in [1.29, 1.82) is 0 Å². The summed E-state index contributed by atoms with van der Waals surface area (Å²) in [5.74, 6) is 3.28. The molecule has 1 aliphatic heterocycles. The Morgan fingerprint density at radius 3 is 2.58 bits per heavy atom. The molecule has 0 unspecified atom stereocenters. The molecule has 1 heterocycles. The lowest BCUT2D eigenvalue weighted by molar-refractivity contribution is 0.174. The SMILES string of the molecule is C#Cc1cc2c(cc1-c1ccc(Cl)c(F)c1)OCO2. The molecule has 0 spiro atoms. The quantitative estimate of drug-likeness (QED) is 0.735. The molecule has 0 saturated heterocycles. The Morgan fingerprint density at radius 2 is 1.89 bits per heavy atom. The van der Waals surface area contributed by atoms with Crippen LogP contribution in [0.4, 0.5) is 4.39 Å². The Labute approximate surface area is 114 Å². The Bertz CT molecular complexity index is 704. The van der Waals surface area contributed by atoms with Gasteiger partial charge in [0.25, 0.3) is 0 Å². The van der Waals surface area contributed by atoms with Crippen molar-refractivity contribution >= 4 is 11.6 Å². The first-order valence-electron chi connectivity index (χ1n) is 5.54. The lowest BCUT2D eigenvalue weighted by atomic mass is 9.99. The number of hydrogen-bond acceptors (Lipinski definition) is 2. The number of rotatable bonds is 1. The molecule has 0 saturated carbocycles. The van der Waals surface area contributed by atoms with Gasteiger partial charge in [0.1, 0.15) is 5.82 Å². The summed E-state index contributed by atoms with van der Waals surface area (Å²) < 4.78 is 24.1. The van der Waals surface area contributed by atoms with Crippen LogP contribution in [-0.2, 0) is 0 Å². The van der Waals surface area contributed by atoms with Gasteiger partial charge in [-0.15, -0.1) is 6.42 Å². The van der Waals surface area contributed by atoms with Crippen LogP contribution in [0.1, 0.15) is 5.56 Å². The molecular formula is C15H8ClFO2. The van der Waals surface area contributed by atoms with Crippen molar-refractivity contribution in [3.05, 3.63) is 46.7 Å². The molecule has 0 bridgehead atoms. The number of benzene rings is 2. The summed E-state index contributed by atoms with van der Waals surface area (Å²) >= 11 is 5.68. The van der Waals surface area contributed by atoms with Crippen LogP contribution in [0.5, 0.6) is 11.5 Å². The lowest BCUT2D eigenvalue weighted by Gasteiger charge is -2.07. The monoisotopic (exact) mass is 274 g/mol. The number of halogens is 2. The van der Waals surface area contributed by atoms with Gasteiger partial charge >= 0.3 is 0 Å². The van der Waals surface area contributed by atoms with Crippen LogP contribution in [-0.4, -0.2) is 6.79 Å². The van der Waals surface area contributed by atoms with E-state index in [2.05, 4.69) is 5.92 Å². The largest absolute Gasteiger partial charge is 0.454 e. The first kappa shape index (κ1) is 11.9. The highest BCUT2D eigenvalue weighted by Gasteiger charge is 2.17. The van der Waals surface area contributed by atoms with Gasteiger partial charge in [-0.1, -0.05) is 23.6 Å². The molecule has 2 aromatic carbocycles. The van der Waals surface area contributed by atoms with Gasteiger partial charge in [-0.25, -0.2) is 4.39 Å². The molecule has 0 N–H and O–H groups in total. The molecule has 0 radical (unpaired) electrons. The molecule has 0 aliphatic carbocycles. The number of hydrogen-bond donors (Lipinski definition) is 0. The van der Waals surface area contributed by atoms with E-state index in [0.29, 0.717) is 28.2 Å². The predicted octanol–water partition coefficient (Wildman–Crippen LogP) is 3.86. The van der Waals surface area contributed by atoms with Gasteiger partial charge < -0.3 is 9.47 Å². The minimum Gasteiger partial charge on any atom is -0.454 e. The van der Waals surface area contributed by atoms with Crippen LogP contribution in [0.3, 0.4) is 0 Å². The second-order valence-electron chi connectivity index (χ2n) is 4.02. The van der Waals surface area contributed by atoms with Gasteiger partial charge in [0.2, 0.25) is 6.79 Å². The highest BCUT2D eigenvalue weighted by molar-refractivity contribution is 6.30. The van der Waals surface area contributed by atoms with Gasteiger partial charge in [0.15, 0.2) is 11.5 Å². The van der Waals surface area contributed by atoms with Crippen molar-refractivity contribution in [3.8, 4) is 35.0 Å². The topological polar surface area (TPSA) is 18.5 Å². The summed E-state index contributed by atoms with van der Waals surface area (Å²) in [6.07, 6.45) is 5.48. The Morgan fingerprint density at radius 1 is 1.16 bits per heavy atom. The first-order valence-corrected chi connectivity index (χ1v) is 5.92. The molecule has 19 heavy (non-hydrogen) atoms. The van der Waals surface area contributed by atoms with Crippen LogP contribution in [0.25, 0.3) is 11.1 Å². The zero-order chi connectivity index (χ0) is 13.4. The Hall–Kier alpha value is -2.18. The molecule has 3 rings (SSSR count). The van der Waals surface area contributed by atoms with Crippen LogP contribution in [0.15, 0.2) is 30.3 Å². The van der Waals surface area contributed by atoms with Gasteiger partial charge in [0, 0.05) is 17.2 Å². The third-order valence-corrected chi connectivity index (χ3v) is 3.21. The molecule has 0 amide bonds. The van der Waals surface area contributed by atoms with Gasteiger partial charge in [-0.05, 0) is 23.8 Å². The Balaban J connectivity index is 2.19. The minimum atomic E-state index is -0.486. The average molecular weight is 275 g/mol. The van der Waals surface area contributed by atoms with E-state index in [0.717, 1.165) is 0 Å². The maximum atomic E-state index is 13.5. The van der Waals surface area contributed by atoms with Crippen molar-refractivity contribution in [2.45, 2.75) is 0 Å². The number of terminal acetylenes is 1. The fourth-order valence-corrected chi connectivity index (χ4v) is 2.08. The number of ether oxygens (including phenoxy) is 2. The summed E-state index contributed by atoms with van der Waals surface area (Å²) in [4.78, 5) is 0. The van der Waals surface area contributed by atoms with E-state index in [1.165, 1.54) is 12.1 Å². The molecule has 0 atom stereocenters. The third-order valence-electron chi connectivity index (χ3n) is 2.90. The van der Waals surface area contributed by atoms with Gasteiger partial charge in [-0.2, -0.15) is 0 Å². The van der Waals surface area contributed by atoms with Crippen molar-refractivity contribution < 1.29 is 13.9 Å². The van der Waals surface area contributed by atoms with E-state index in [4.69, 9.17) is 27.5 Å². The van der Waals surface area contributed by atoms with Gasteiger partial charge in [-0.3, -0.25) is 0 Å². The second kappa shape index (κ2) is 4.49. The van der Waals surface area contributed by atoms with E-state index in [9.17, 15) is 4.39 Å². The molecule has 1 aliphatic rings. The highest BCUT2D eigenvalue weighted by Crippen LogP contribution is 2.39. The second-order valence-corrected chi connectivity index (χ2v) is 4.43. The zero-order valence-corrected chi connectivity index (χ0v) is 10.5. The van der Waals surface area contributed by atoms with Crippen LogP contribution in [0.2, 0.25) is 5.02 Å². The maximum Gasteiger partial charge on any atom is 0.231 e. The van der Waals surface area contributed by atoms with Crippen molar-refractivity contribution in [2.75, 3.05) is 6.79 Å². The summed E-state index contributed by atoms with van der Waals surface area (Å²) in [7, 11) is 0. The van der Waals surface area contributed by atoms with Crippen molar-refractivity contribution in [1.82, 2.24) is 0 Å². The average Bonchev–Trinajstić information content (AvgIpc) is 2.87. The fraction of sp³-hybridized carbons (Fsp3) is 0.0667. The van der Waals surface area contributed by atoms with Crippen molar-refractivity contribution in [2.24, 2.45) is 0 Å². The molecular weight excluding hydrogens is 267 g/mol. The van der Waals surface area contributed by atoms with Crippen molar-refractivity contribution in [3.63, 3.8) is 0 Å². The predicted molar refractivity (Wildman–Crippen MR) is 70.9 cm³/mol. The van der Waals surface area contributed by atoms with Gasteiger partial charge in [0.05, 0.1) is 5.02 Å². The minimum absolute atomic E-state index is 0.0757. The molecule has 94 valence electrons.